The highest BCUT2D eigenvalue weighted by molar-refractivity contribution is 5.30. The largest absolute Gasteiger partial charge is 0.573 e. The van der Waals surface area contributed by atoms with E-state index in [1.54, 1.807) is 6.08 Å². The van der Waals surface area contributed by atoms with Crippen LogP contribution in [0.15, 0.2) is 30.9 Å². The molecule has 0 unspecified atom stereocenters. The van der Waals surface area contributed by atoms with Gasteiger partial charge < -0.3 is 4.74 Å². The van der Waals surface area contributed by atoms with Crippen LogP contribution in [0.3, 0.4) is 0 Å². The summed E-state index contributed by atoms with van der Waals surface area (Å²) in [6, 6.07) is 3.42. The summed E-state index contributed by atoms with van der Waals surface area (Å²) >= 11 is 0. The second-order valence-electron chi connectivity index (χ2n) is 3.14. The summed E-state index contributed by atoms with van der Waals surface area (Å²) < 4.78 is 52.2. The van der Waals surface area contributed by atoms with Crippen LogP contribution < -0.4 is 4.74 Å². The average molecular weight is 234 g/mol. The van der Waals surface area contributed by atoms with Crippen molar-refractivity contribution in [3.63, 3.8) is 0 Å². The molecule has 0 N–H and O–H groups in total. The van der Waals surface area contributed by atoms with Gasteiger partial charge in [0.15, 0.2) is 11.6 Å². The molecule has 0 radical (unpaired) electrons. The lowest BCUT2D eigenvalue weighted by molar-refractivity contribution is -0.275. The number of aryl methyl sites for hydroxylation is 1. The summed E-state index contributed by atoms with van der Waals surface area (Å²) in [4.78, 5) is 0. The highest BCUT2D eigenvalue weighted by Crippen LogP contribution is 2.26. The van der Waals surface area contributed by atoms with E-state index >= 15 is 0 Å². The second kappa shape index (κ2) is 5.01. The monoisotopic (exact) mass is 234 g/mol. The fraction of sp³-hybridized carbons (Fsp3) is 0.273. The van der Waals surface area contributed by atoms with E-state index in [1.807, 2.05) is 0 Å². The molecule has 0 aliphatic heterocycles. The van der Waals surface area contributed by atoms with Crippen LogP contribution in [0.25, 0.3) is 0 Å². The molecule has 0 aliphatic carbocycles. The Kier molecular flexibility index (Phi) is 3.93. The second-order valence-corrected chi connectivity index (χ2v) is 3.14. The van der Waals surface area contributed by atoms with Crippen LogP contribution in [0.4, 0.5) is 17.6 Å². The fourth-order valence-electron chi connectivity index (χ4n) is 1.17. The van der Waals surface area contributed by atoms with Gasteiger partial charge in [0.05, 0.1) is 0 Å². The van der Waals surface area contributed by atoms with E-state index in [0.717, 1.165) is 12.1 Å². The molecular formula is C11H10F4O. The predicted molar refractivity (Wildman–Crippen MR) is 51.6 cm³/mol. The third kappa shape index (κ3) is 3.92. The van der Waals surface area contributed by atoms with Gasteiger partial charge in [0.1, 0.15) is 0 Å². The molecule has 0 saturated heterocycles. The van der Waals surface area contributed by atoms with Gasteiger partial charge in [-0.05, 0) is 30.5 Å². The minimum atomic E-state index is -4.88. The first-order valence-corrected chi connectivity index (χ1v) is 4.57. The summed E-state index contributed by atoms with van der Waals surface area (Å²) in [7, 11) is 0. The molecular weight excluding hydrogens is 224 g/mol. The van der Waals surface area contributed by atoms with Crippen LogP contribution >= 0.6 is 0 Å². The van der Waals surface area contributed by atoms with Gasteiger partial charge in [-0.15, -0.1) is 19.8 Å². The maximum Gasteiger partial charge on any atom is 0.573 e. The van der Waals surface area contributed by atoms with Gasteiger partial charge in [0, 0.05) is 0 Å². The third-order valence-corrected chi connectivity index (χ3v) is 1.86. The maximum absolute atomic E-state index is 13.0. The first-order valence-electron chi connectivity index (χ1n) is 4.57. The van der Waals surface area contributed by atoms with Crippen molar-refractivity contribution in [2.75, 3.05) is 0 Å². The van der Waals surface area contributed by atoms with Gasteiger partial charge in [0.2, 0.25) is 0 Å². The van der Waals surface area contributed by atoms with E-state index < -0.39 is 17.9 Å². The molecule has 0 heterocycles. The van der Waals surface area contributed by atoms with Crippen LogP contribution in [0.5, 0.6) is 5.75 Å². The molecule has 88 valence electrons. The first kappa shape index (κ1) is 12.5. The minimum Gasteiger partial charge on any atom is -0.403 e. The van der Waals surface area contributed by atoms with Crippen LogP contribution in [-0.2, 0) is 6.42 Å². The Morgan fingerprint density at radius 1 is 1.31 bits per heavy atom. The minimum absolute atomic E-state index is 0.498. The molecule has 0 spiro atoms. The molecule has 0 atom stereocenters. The Bertz CT molecular complexity index is 371. The summed E-state index contributed by atoms with van der Waals surface area (Å²) in [5.74, 6) is -1.83. The number of hydrogen-bond acceptors (Lipinski definition) is 1. The summed E-state index contributed by atoms with van der Waals surface area (Å²) in [5.41, 5.74) is 0.570. The molecule has 0 fully saturated rings. The van der Waals surface area contributed by atoms with Crippen LogP contribution in [-0.4, -0.2) is 6.36 Å². The third-order valence-electron chi connectivity index (χ3n) is 1.86. The van der Waals surface area contributed by atoms with E-state index in [0.29, 0.717) is 18.4 Å². The quantitative estimate of drug-likeness (QED) is 0.568. The first-order chi connectivity index (χ1) is 7.42. The van der Waals surface area contributed by atoms with E-state index in [2.05, 4.69) is 11.3 Å². The van der Waals surface area contributed by atoms with Crippen LogP contribution in [0, 0.1) is 5.82 Å². The Morgan fingerprint density at radius 2 is 2.00 bits per heavy atom. The molecule has 1 nitrogen and oxygen atoms in total. The maximum atomic E-state index is 13.0. The zero-order valence-electron chi connectivity index (χ0n) is 8.35. The van der Waals surface area contributed by atoms with Crippen LogP contribution in [0.2, 0.25) is 0 Å². The van der Waals surface area contributed by atoms with Crippen LogP contribution in [0.1, 0.15) is 12.0 Å². The number of ether oxygens (including phenoxy) is 1. The van der Waals surface area contributed by atoms with Crippen molar-refractivity contribution in [3.8, 4) is 5.75 Å². The van der Waals surface area contributed by atoms with Gasteiger partial charge in [0.25, 0.3) is 0 Å². The predicted octanol–water partition coefficient (Wildman–Crippen LogP) is 3.84. The van der Waals surface area contributed by atoms with Gasteiger partial charge in [-0.1, -0.05) is 12.1 Å². The highest BCUT2D eigenvalue weighted by Gasteiger charge is 2.32. The van der Waals surface area contributed by atoms with Gasteiger partial charge in [-0.3, -0.25) is 0 Å². The summed E-state index contributed by atoms with van der Waals surface area (Å²) in [6.45, 7) is 3.49. The molecule has 0 aliphatic rings. The molecule has 0 aromatic heterocycles. The standard InChI is InChI=1S/C11H10F4O/c1-2-3-4-8-5-6-9(12)10(7-8)16-11(13,14)15/h2,5-7H,1,3-4H2. The lowest BCUT2D eigenvalue weighted by Crippen LogP contribution is -2.18. The lowest BCUT2D eigenvalue weighted by Gasteiger charge is -2.10. The van der Waals surface area contributed by atoms with E-state index in [1.165, 1.54) is 6.07 Å². The lowest BCUT2D eigenvalue weighted by atomic mass is 10.1. The van der Waals surface area contributed by atoms with Gasteiger partial charge in [-0.25, -0.2) is 4.39 Å². The zero-order valence-corrected chi connectivity index (χ0v) is 8.35. The summed E-state index contributed by atoms with van der Waals surface area (Å²) in [5, 5.41) is 0. The van der Waals surface area contributed by atoms with Crippen molar-refractivity contribution in [1.82, 2.24) is 0 Å². The molecule has 1 rings (SSSR count). The van der Waals surface area contributed by atoms with E-state index in [9.17, 15) is 17.6 Å². The molecule has 16 heavy (non-hydrogen) atoms. The molecule has 5 heteroatoms. The molecule has 1 aromatic rings. The number of rotatable bonds is 4. The topological polar surface area (TPSA) is 9.23 Å². The SMILES string of the molecule is C=CCCc1ccc(F)c(OC(F)(F)F)c1. The molecule has 0 saturated carbocycles. The Balaban J connectivity index is 2.86. The van der Waals surface area contributed by atoms with Crippen molar-refractivity contribution in [1.29, 1.82) is 0 Å². The van der Waals surface area contributed by atoms with Crippen molar-refractivity contribution in [3.05, 3.63) is 42.2 Å². The number of benzene rings is 1. The molecule has 0 amide bonds. The molecule has 1 aromatic carbocycles. The Morgan fingerprint density at radius 3 is 2.56 bits per heavy atom. The van der Waals surface area contributed by atoms with Crippen molar-refractivity contribution in [2.45, 2.75) is 19.2 Å². The number of hydrogen-bond donors (Lipinski definition) is 0. The van der Waals surface area contributed by atoms with Crippen molar-refractivity contribution >= 4 is 0 Å². The number of halogens is 4. The van der Waals surface area contributed by atoms with Gasteiger partial charge >= 0.3 is 6.36 Å². The van der Waals surface area contributed by atoms with Crippen molar-refractivity contribution < 1.29 is 22.3 Å². The van der Waals surface area contributed by atoms with Crippen molar-refractivity contribution in [2.24, 2.45) is 0 Å². The Labute approximate surface area is 90.3 Å². The van der Waals surface area contributed by atoms with E-state index in [-0.39, 0.29) is 0 Å². The van der Waals surface area contributed by atoms with Gasteiger partial charge in [-0.2, -0.15) is 0 Å². The Hall–Kier alpha value is -1.52. The average Bonchev–Trinajstić information content (AvgIpc) is 2.17. The number of alkyl halides is 3. The smallest absolute Gasteiger partial charge is 0.403 e. The number of allylic oxidation sites excluding steroid dienone is 1. The highest BCUT2D eigenvalue weighted by atomic mass is 19.4. The molecule has 0 bridgehead atoms. The van der Waals surface area contributed by atoms with E-state index in [4.69, 9.17) is 0 Å². The zero-order chi connectivity index (χ0) is 12.2. The summed E-state index contributed by atoms with van der Waals surface area (Å²) in [6.07, 6.45) is -2.14. The normalized spacial score (nSPS) is 11.2. The fourth-order valence-corrected chi connectivity index (χ4v) is 1.17.